The summed E-state index contributed by atoms with van der Waals surface area (Å²) in [6.07, 6.45) is 9.57. The van der Waals surface area contributed by atoms with Gasteiger partial charge in [-0.25, -0.2) is 4.39 Å². The standard InChI is InChI=1S/C18H21FN4O/c1-2-3-7-18(21-22-18)8-6-17(24)20-15-11-14(19)12-16(13-15)23-9-4-5-10-23/h1,11-13H,3-10H2,(H,20,24). The van der Waals surface area contributed by atoms with Crippen LogP contribution in [-0.4, -0.2) is 24.7 Å². The number of hydrogen-bond donors (Lipinski definition) is 1. The molecule has 0 aliphatic carbocycles. The van der Waals surface area contributed by atoms with E-state index in [2.05, 4.69) is 26.4 Å². The van der Waals surface area contributed by atoms with Crippen molar-refractivity contribution in [1.29, 1.82) is 0 Å². The number of benzene rings is 1. The Morgan fingerprint density at radius 1 is 1.29 bits per heavy atom. The number of amides is 1. The zero-order valence-corrected chi connectivity index (χ0v) is 13.6. The lowest BCUT2D eigenvalue weighted by molar-refractivity contribution is -0.116. The van der Waals surface area contributed by atoms with Gasteiger partial charge >= 0.3 is 0 Å². The van der Waals surface area contributed by atoms with E-state index in [-0.39, 0.29) is 18.1 Å². The zero-order chi connectivity index (χ0) is 17.0. The fourth-order valence-electron chi connectivity index (χ4n) is 3.01. The predicted molar refractivity (Wildman–Crippen MR) is 91.4 cm³/mol. The highest BCUT2D eigenvalue weighted by Crippen LogP contribution is 2.37. The monoisotopic (exact) mass is 328 g/mol. The number of nitrogens with one attached hydrogen (secondary N) is 1. The van der Waals surface area contributed by atoms with E-state index in [4.69, 9.17) is 6.42 Å². The predicted octanol–water partition coefficient (Wildman–Crippen LogP) is 3.72. The van der Waals surface area contributed by atoms with Crippen LogP contribution in [0.5, 0.6) is 0 Å². The third-order valence-electron chi connectivity index (χ3n) is 4.44. The first-order chi connectivity index (χ1) is 11.6. The molecule has 1 N–H and O–H groups in total. The number of hydrogen-bond acceptors (Lipinski definition) is 4. The molecule has 0 bridgehead atoms. The quantitative estimate of drug-likeness (QED) is 0.776. The summed E-state index contributed by atoms with van der Waals surface area (Å²) in [6, 6.07) is 4.68. The summed E-state index contributed by atoms with van der Waals surface area (Å²) in [5.74, 6) is 2.06. The Labute approximate surface area is 141 Å². The first-order valence-electron chi connectivity index (χ1n) is 8.33. The molecule has 1 fully saturated rings. The third kappa shape index (κ3) is 4.10. The van der Waals surface area contributed by atoms with Gasteiger partial charge in [0.2, 0.25) is 5.91 Å². The maximum Gasteiger partial charge on any atom is 0.224 e. The molecule has 24 heavy (non-hydrogen) atoms. The molecule has 126 valence electrons. The molecule has 1 aromatic rings. The van der Waals surface area contributed by atoms with Gasteiger partial charge in [0.1, 0.15) is 5.82 Å². The lowest BCUT2D eigenvalue weighted by Gasteiger charge is -2.19. The van der Waals surface area contributed by atoms with E-state index in [0.717, 1.165) is 31.6 Å². The van der Waals surface area contributed by atoms with Gasteiger partial charge in [0, 0.05) is 50.1 Å². The van der Waals surface area contributed by atoms with Crippen LogP contribution in [-0.2, 0) is 4.79 Å². The van der Waals surface area contributed by atoms with Crippen LogP contribution < -0.4 is 10.2 Å². The fraction of sp³-hybridized carbons (Fsp3) is 0.500. The van der Waals surface area contributed by atoms with E-state index in [9.17, 15) is 9.18 Å². The number of halogens is 1. The molecule has 2 aliphatic heterocycles. The highest BCUT2D eigenvalue weighted by Gasteiger charge is 2.39. The van der Waals surface area contributed by atoms with Crippen LogP contribution in [0.15, 0.2) is 28.4 Å². The van der Waals surface area contributed by atoms with Crippen LogP contribution in [0.1, 0.15) is 38.5 Å². The number of carbonyl (C=O) groups is 1. The first-order valence-corrected chi connectivity index (χ1v) is 8.33. The summed E-state index contributed by atoms with van der Waals surface area (Å²) < 4.78 is 13.8. The van der Waals surface area contributed by atoms with Gasteiger partial charge in [-0.15, -0.1) is 12.3 Å². The van der Waals surface area contributed by atoms with E-state index in [1.165, 1.54) is 12.1 Å². The van der Waals surface area contributed by atoms with Crippen molar-refractivity contribution in [1.82, 2.24) is 0 Å². The van der Waals surface area contributed by atoms with Gasteiger partial charge in [0.15, 0.2) is 5.66 Å². The first kappa shape index (κ1) is 16.4. The topological polar surface area (TPSA) is 57.1 Å². The Hall–Kier alpha value is -2.42. The summed E-state index contributed by atoms with van der Waals surface area (Å²) in [6.45, 7) is 1.86. The maximum atomic E-state index is 13.8. The minimum Gasteiger partial charge on any atom is -0.371 e. The molecule has 0 spiro atoms. The fourth-order valence-corrected chi connectivity index (χ4v) is 3.01. The van der Waals surface area contributed by atoms with Crippen molar-refractivity contribution in [3.8, 4) is 12.3 Å². The number of carbonyl (C=O) groups excluding carboxylic acids is 1. The molecule has 0 radical (unpaired) electrons. The summed E-state index contributed by atoms with van der Waals surface area (Å²) >= 11 is 0. The van der Waals surface area contributed by atoms with E-state index in [1.807, 2.05) is 6.07 Å². The summed E-state index contributed by atoms with van der Waals surface area (Å²) in [4.78, 5) is 14.3. The number of nitrogens with zero attached hydrogens (tertiary/aromatic N) is 3. The van der Waals surface area contributed by atoms with Gasteiger partial charge in [0.05, 0.1) is 0 Å². The molecule has 0 unspecified atom stereocenters. The summed E-state index contributed by atoms with van der Waals surface area (Å²) in [5, 5.41) is 10.8. The van der Waals surface area contributed by atoms with Gasteiger partial charge in [0.25, 0.3) is 0 Å². The van der Waals surface area contributed by atoms with Crippen molar-refractivity contribution < 1.29 is 9.18 Å². The van der Waals surface area contributed by atoms with Crippen molar-refractivity contribution in [3.63, 3.8) is 0 Å². The molecule has 3 rings (SSSR count). The highest BCUT2D eigenvalue weighted by atomic mass is 19.1. The van der Waals surface area contributed by atoms with Crippen LogP contribution in [0.3, 0.4) is 0 Å². The molecule has 0 aromatic heterocycles. The molecule has 1 aromatic carbocycles. The van der Waals surface area contributed by atoms with Crippen LogP contribution >= 0.6 is 0 Å². The van der Waals surface area contributed by atoms with Crippen molar-refractivity contribution in [3.05, 3.63) is 24.0 Å². The molecule has 2 aliphatic rings. The molecule has 0 atom stereocenters. The van der Waals surface area contributed by atoms with Crippen molar-refractivity contribution in [2.75, 3.05) is 23.3 Å². The molecule has 5 nitrogen and oxygen atoms in total. The van der Waals surface area contributed by atoms with E-state index in [0.29, 0.717) is 24.9 Å². The average Bonchev–Trinajstić information content (AvgIpc) is 3.10. The molecule has 2 heterocycles. The third-order valence-corrected chi connectivity index (χ3v) is 4.44. The van der Waals surface area contributed by atoms with Gasteiger partial charge in [-0.1, -0.05) is 0 Å². The van der Waals surface area contributed by atoms with Gasteiger partial charge in [-0.05, 0) is 31.0 Å². The Kier molecular flexibility index (Phi) is 4.79. The molecule has 1 amide bonds. The minimum absolute atomic E-state index is 0.162. The average molecular weight is 328 g/mol. The van der Waals surface area contributed by atoms with Crippen LogP contribution in [0.2, 0.25) is 0 Å². The van der Waals surface area contributed by atoms with Crippen LogP contribution in [0.25, 0.3) is 0 Å². The number of anilines is 2. The lowest BCUT2D eigenvalue weighted by atomic mass is 10.0. The Balaban J connectivity index is 1.55. The SMILES string of the molecule is C#CCCC1(CCC(=O)Nc2cc(F)cc(N3CCCC3)c2)N=N1. The number of rotatable bonds is 7. The minimum atomic E-state index is -0.466. The molecule has 0 saturated carbocycles. The van der Waals surface area contributed by atoms with Crippen molar-refractivity contribution in [2.24, 2.45) is 10.2 Å². The van der Waals surface area contributed by atoms with Crippen LogP contribution in [0.4, 0.5) is 15.8 Å². The number of terminal acetylenes is 1. The Morgan fingerprint density at radius 3 is 2.71 bits per heavy atom. The molecular weight excluding hydrogens is 307 g/mol. The van der Waals surface area contributed by atoms with E-state index < -0.39 is 5.66 Å². The highest BCUT2D eigenvalue weighted by molar-refractivity contribution is 5.91. The molecular formula is C18H21FN4O. The van der Waals surface area contributed by atoms with Gasteiger partial charge in [-0.3, -0.25) is 4.79 Å². The van der Waals surface area contributed by atoms with Gasteiger partial charge < -0.3 is 10.2 Å². The zero-order valence-electron chi connectivity index (χ0n) is 13.6. The van der Waals surface area contributed by atoms with Crippen molar-refractivity contribution in [2.45, 2.75) is 44.2 Å². The van der Waals surface area contributed by atoms with E-state index >= 15 is 0 Å². The molecule has 6 heteroatoms. The van der Waals surface area contributed by atoms with Crippen LogP contribution in [0, 0.1) is 18.2 Å². The van der Waals surface area contributed by atoms with E-state index in [1.54, 1.807) is 0 Å². The lowest BCUT2D eigenvalue weighted by Crippen LogP contribution is -2.19. The Morgan fingerprint density at radius 2 is 2.04 bits per heavy atom. The van der Waals surface area contributed by atoms with Crippen molar-refractivity contribution >= 4 is 17.3 Å². The largest absolute Gasteiger partial charge is 0.371 e. The summed E-state index contributed by atoms with van der Waals surface area (Å²) in [7, 11) is 0. The smallest absolute Gasteiger partial charge is 0.224 e. The second-order valence-electron chi connectivity index (χ2n) is 6.33. The van der Waals surface area contributed by atoms with Gasteiger partial charge in [-0.2, -0.15) is 10.2 Å². The molecule has 1 saturated heterocycles. The second-order valence-corrected chi connectivity index (χ2v) is 6.33. The Bertz CT molecular complexity index is 683. The second kappa shape index (κ2) is 7.00. The normalized spacial score (nSPS) is 17.6. The summed E-state index contributed by atoms with van der Waals surface area (Å²) in [5.41, 5.74) is 0.844. The maximum absolute atomic E-state index is 13.8.